The average molecular weight is 753 g/mol. The molecule has 1 aliphatic carbocycles. The van der Waals surface area contributed by atoms with Crippen LogP contribution in [0.5, 0.6) is 0 Å². The van der Waals surface area contributed by atoms with Gasteiger partial charge in [0.2, 0.25) is 0 Å². The van der Waals surface area contributed by atoms with E-state index in [0.717, 1.165) is 57.8 Å². The molecule has 1 saturated carbocycles. The second-order valence-corrected chi connectivity index (χ2v) is 15.2. The standard InChI is InChI=1S/C37H69O13P/c1-3-5-7-9-11-13-14-15-16-17-18-20-22-24-26-31(39)49-29(27-47-30(38)25-23-21-19-12-10-8-6-4-2)28-48-51(45,46)50-37-35(43)33(41)32(40)34(42)36(37)44/h14-15,29,32-37,40-44H,3-13,16-28H2,1-2H3,(H,45,46)/b15-14+/t29-,32?,33-,34?,35?,36?,37?/m1/s1. The molecule has 0 amide bonds. The highest BCUT2D eigenvalue weighted by Gasteiger charge is 2.51. The number of unbranched alkanes of at least 4 members (excludes halogenated alkanes) is 17. The van der Waals surface area contributed by atoms with Gasteiger partial charge in [0.15, 0.2) is 6.10 Å². The zero-order valence-corrected chi connectivity index (χ0v) is 32.0. The third kappa shape index (κ3) is 22.4. The van der Waals surface area contributed by atoms with Gasteiger partial charge in [-0.1, -0.05) is 116 Å². The zero-order valence-electron chi connectivity index (χ0n) is 31.2. The number of carbonyl (C=O) groups excluding carboxylic acids is 2. The Labute approximate surface area is 305 Å². The summed E-state index contributed by atoms with van der Waals surface area (Å²) >= 11 is 0. The summed E-state index contributed by atoms with van der Waals surface area (Å²) in [6.45, 7) is 3.21. The Balaban J connectivity index is 2.54. The van der Waals surface area contributed by atoms with E-state index in [1.165, 1.54) is 57.8 Å². The maximum absolute atomic E-state index is 12.7. The molecule has 0 aromatic rings. The van der Waals surface area contributed by atoms with Crippen molar-refractivity contribution in [3.63, 3.8) is 0 Å². The van der Waals surface area contributed by atoms with E-state index in [-0.39, 0.29) is 12.8 Å². The highest BCUT2D eigenvalue weighted by Crippen LogP contribution is 2.47. The predicted molar refractivity (Wildman–Crippen MR) is 194 cm³/mol. The van der Waals surface area contributed by atoms with Crippen molar-refractivity contribution in [1.82, 2.24) is 0 Å². The largest absolute Gasteiger partial charge is 0.472 e. The maximum atomic E-state index is 12.7. The number of carbonyl (C=O) groups is 2. The number of ether oxygens (including phenoxy) is 2. The van der Waals surface area contributed by atoms with Crippen LogP contribution in [0.2, 0.25) is 0 Å². The summed E-state index contributed by atoms with van der Waals surface area (Å²) in [6, 6.07) is 0. The Hall–Kier alpha value is -1.41. The summed E-state index contributed by atoms with van der Waals surface area (Å²) in [5.74, 6) is -1.11. The Kier molecular flexibility index (Phi) is 27.1. The number of phosphoric acid groups is 1. The van der Waals surface area contributed by atoms with Gasteiger partial charge in [-0.2, -0.15) is 0 Å². The second-order valence-electron chi connectivity index (χ2n) is 13.8. The summed E-state index contributed by atoms with van der Waals surface area (Å²) in [6.07, 6.45) is 13.0. The van der Waals surface area contributed by atoms with Crippen LogP contribution in [0.4, 0.5) is 0 Å². The lowest BCUT2D eigenvalue weighted by atomic mass is 9.85. The van der Waals surface area contributed by atoms with Crippen LogP contribution in [-0.2, 0) is 32.7 Å². The number of rotatable bonds is 31. The van der Waals surface area contributed by atoms with Crippen LogP contribution in [-0.4, -0.2) is 98.3 Å². The molecule has 0 aromatic heterocycles. The van der Waals surface area contributed by atoms with E-state index in [1.807, 2.05) is 0 Å². The minimum Gasteiger partial charge on any atom is -0.462 e. The van der Waals surface area contributed by atoms with Crippen LogP contribution in [0, 0.1) is 0 Å². The molecule has 6 N–H and O–H groups in total. The zero-order chi connectivity index (χ0) is 37.9. The van der Waals surface area contributed by atoms with Gasteiger partial charge in [-0.05, 0) is 38.5 Å². The molecule has 0 spiro atoms. The third-order valence-corrected chi connectivity index (χ3v) is 10.1. The Morgan fingerprint density at radius 3 is 1.49 bits per heavy atom. The minimum absolute atomic E-state index is 0.0898. The topological polar surface area (TPSA) is 210 Å². The molecule has 1 fully saturated rings. The Morgan fingerprint density at radius 2 is 1.00 bits per heavy atom. The summed E-state index contributed by atoms with van der Waals surface area (Å²) in [4.78, 5) is 35.3. The Morgan fingerprint density at radius 1 is 0.588 bits per heavy atom. The van der Waals surface area contributed by atoms with Crippen molar-refractivity contribution >= 4 is 19.8 Å². The lowest BCUT2D eigenvalue weighted by molar-refractivity contribution is -0.220. The lowest BCUT2D eigenvalue weighted by Crippen LogP contribution is -2.64. The lowest BCUT2D eigenvalue weighted by Gasteiger charge is -2.41. The van der Waals surface area contributed by atoms with Gasteiger partial charge in [0.1, 0.15) is 43.2 Å². The van der Waals surface area contributed by atoms with Crippen LogP contribution >= 0.6 is 7.82 Å². The highest BCUT2D eigenvalue weighted by molar-refractivity contribution is 7.47. The van der Waals surface area contributed by atoms with Gasteiger partial charge in [0.05, 0.1) is 6.61 Å². The van der Waals surface area contributed by atoms with Crippen molar-refractivity contribution in [3.8, 4) is 0 Å². The summed E-state index contributed by atoms with van der Waals surface area (Å²) in [5, 5.41) is 49.9. The van der Waals surface area contributed by atoms with Crippen molar-refractivity contribution in [1.29, 1.82) is 0 Å². The van der Waals surface area contributed by atoms with Crippen molar-refractivity contribution in [2.24, 2.45) is 0 Å². The van der Waals surface area contributed by atoms with Gasteiger partial charge >= 0.3 is 19.8 Å². The number of allylic oxidation sites excluding steroid dienone is 2. The smallest absolute Gasteiger partial charge is 0.462 e. The van der Waals surface area contributed by atoms with Gasteiger partial charge < -0.3 is 39.9 Å². The number of hydrogen-bond donors (Lipinski definition) is 6. The van der Waals surface area contributed by atoms with Crippen molar-refractivity contribution in [2.75, 3.05) is 13.2 Å². The number of hydrogen-bond acceptors (Lipinski definition) is 12. The second kappa shape index (κ2) is 29.0. The molecule has 8 atom stereocenters. The average Bonchev–Trinajstić information content (AvgIpc) is 3.10. The van der Waals surface area contributed by atoms with E-state index in [0.29, 0.717) is 12.8 Å². The molecule has 0 radical (unpaired) electrons. The molecule has 0 aliphatic heterocycles. The van der Waals surface area contributed by atoms with Gasteiger partial charge in [0, 0.05) is 12.8 Å². The molecule has 0 bridgehead atoms. The molecule has 300 valence electrons. The molecule has 0 heterocycles. The first-order chi connectivity index (χ1) is 24.4. The Bertz CT molecular complexity index is 964. The summed E-state index contributed by atoms with van der Waals surface area (Å²) in [5.41, 5.74) is 0. The van der Waals surface area contributed by atoms with E-state index >= 15 is 0 Å². The SMILES string of the molecule is CCCCCCC/C=C/CCCCCCCC(=O)O[C@H](COC(=O)CCCCCCCCCC)COP(=O)(O)OC1C(O)C(O)C(O)[C@@H](O)C1O. The first-order valence-electron chi connectivity index (χ1n) is 19.5. The van der Waals surface area contributed by atoms with Crippen LogP contribution in [0.25, 0.3) is 0 Å². The predicted octanol–water partition coefficient (Wildman–Crippen LogP) is 5.94. The molecular weight excluding hydrogens is 683 g/mol. The van der Waals surface area contributed by atoms with E-state index in [4.69, 9.17) is 18.5 Å². The number of phosphoric ester groups is 1. The number of aliphatic hydroxyl groups is 5. The normalized spacial score (nSPS) is 24.0. The first-order valence-corrected chi connectivity index (χ1v) is 21.0. The molecule has 0 aromatic carbocycles. The van der Waals surface area contributed by atoms with Gasteiger partial charge in [-0.15, -0.1) is 0 Å². The van der Waals surface area contributed by atoms with E-state index in [2.05, 4.69) is 26.0 Å². The van der Waals surface area contributed by atoms with E-state index in [9.17, 15) is 44.6 Å². The van der Waals surface area contributed by atoms with Crippen LogP contribution in [0.1, 0.15) is 155 Å². The molecule has 13 nitrogen and oxygen atoms in total. The molecular formula is C37H69O13P. The summed E-state index contributed by atoms with van der Waals surface area (Å²) < 4.78 is 33.2. The molecule has 14 heteroatoms. The highest BCUT2D eigenvalue weighted by atomic mass is 31.2. The molecule has 51 heavy (non-hydrogen) atoms. The van der Waals surface area contributed by atoms with Crippen molar-refractivity contribution < 1.29 is 63.1 Å². The molecule has 0 saturated heterocycles. The first kappa shape index (κ1) is 47.6. The minimum atomic E-state index is -5.10. The van der Waals surface area contributed by atoms with Gasteiger partial charge in [0.25, 0.3) is 0 Å². The molecule has 1 rings (SSSR count). The number of esters is 2. The fourth-order valence-corrected chi connectivity index (χ4v) is 6.84. The van der Waals surface area contributed by atoms with E-state index in [1.54, 1.807) is 0 Å². The number of aliphatic hydroxyl groups excluding tert-OH is 5. The van der Waals surface area contributed by atoms with Crippen LogP contribution < -0.4 is 0 Å². The summed E-state index contributed by atoms with van der Waals surface area (Å²) in [7, 11) is -5.10. The van der Waals surface area contributed by atoms with Crippen molar-refractivity contribution in [2.45, 2.75) is 198 Å². The van der Waals surface area contributed by atoms with Crippen molar-refractivity contribution in [3.05, 3.63) is 12.2 Å². The maximum Gasteiger partial charge on any atom is 0.472 e. The van der Waals surface area contributed by atoms with Crippen LogP contribution in [0.3, 0.4) is 0 Å². The fraction of sp³-hybridized carbons (Fsp3) is 0.892. The monoisotopic (exact) mass is 752 g/mol. The van der Waals surface area contributed by atoms with Gasteiger partial charge in [-0.3, -0.25) is 18.6 Å². The fourth-order valence-electron chi connectivity index (χ4n) is 5.87. The van der Waals surface area contributed by atoms with Crippen LogP contribution in [0.15, 0.2) is 12.2 Å². The third-order valence-electron chi connectivity index (χ3n) is 9.11. The quantitative estimate of drug-likeness (QED) is 0.0210. The molecule has 1 aliphatic rings. The molecule has 6 unspecified atom stereocenters. The van der Waals surface area contributed by atoms with Gasteiger partial charge in [-0.25, -0.2) is 4.57 Å². The van der Waals surface area contributed by atoms with E-state index < -0.39 is 75.7 Å².